The summed E-state index contributed by atoms with van der Waals surface area (Å²) in [5.74, 6) is -0.0578. The van der Waals surface area contributed by atoms with Crippen LogP contribution in [0.4, 0.5) is 0 Å². The molecule has 0 bridgehead atoms. The molecule has 0 aliphatic heterocycles. The van der Waals surface area contributed by atoms with Gasteiger partial charge in [0, 0.05) is 44.2 Å². The Morgan fingerprint density at radius 2 is 2.16 bits per heavy atom. The molecule has 0 amide bonds. The van der Waals surface area contributed by atoms with Crippen molar-refractivity contribution in [1.29, 1.82) is 0 Å². The number of hydrogen-bond acceptors (Lipinski definition) is 2. The van der Waals surface area contributed by atoms with Crippen LogP contribution >= 0.6 is 34.2 Å². The molecule has 3 rings (SSSR count). The fourth-order valence-corrected chi connectivity index (χ4v) is 2.46. The minimum Gasteiger partial charge on any atom is -0.360 e. The highest BCUT2D eigenvalue weighted by atomic mass is 127. The average Bonchev–Trinajstić information content (AvgIpc) is 2.85. The first kappa shape index (κ1) is 12.6. The van der Waals surface area contributed by atoms with Gasteiger partial charge in [0.25, 0.3) is 0 Å². The topological polar surface area (TPSA) is 45.8 Å². The maximum Gasteiger partial charge on any atom is 0.195 e. The summed E-state index contributed by atoms with van der Waals surface area (Å²) in [7, 11) is 0. The Morgan fingerprint density at radius 3 is 2.95 bits per heavy atom. The van der Waals surface area contributed by atoms with E-state index in [-0.39, 0.29) is 5.78 Å². The van der Waals surface area contributed by atoms with E-state index in [0.717, 1.165) is 14.5 Å². The molecule has 0 spiro atoms. The van der Waals surface area contributed by atoms with Crippen LogP contribution in [0.5, 0.6) is 0 Å². The van der Waals surface area contributed by atoms with Gasteiger partial charge in [-0.3, -0.25) is 9.78 Å². The molecule has 0 saturated heterocycles. The summed E-state index contributed by atoms with van der Waals surface area (Å²) in [5, 5.41) is 1.41. The second-order valence-electron chi connectivity index (χ2n) is 4.08. The summed E-state index contributed by atoms with van der Waals surface area (Å²) < 4.78 is 0.927. The second kappa shape index (κ2) is 4.94. The molecule has 2 heterocycles. The van der Waals surface area contributed by atoms with Gasteiger partial charge in [0.1, 0.15) is 0 Å². The molecule has 1 N–H and O–H groups in total. The first-order chi connectivity index (χ1) is 9.16. The lowest BCUT2D eigenvalue weighted by atomic mass is 10.0. The SMILES string of the molecule is O=C(c1ccc(I)c(Cl)c1)c1c[nH]c2ccncc12. The molecule has 3 nitrogen and oxygen atoms in total. The van der Waals surface area contributed by atoms with Crippen LogP contribution in [0.15, 0.2) is 42.9 Å². The normalized spacial score (nSPS) is 10.8. The Kier molecular flexibility index (Phi) is 3.28. The van der Waals surface area contributed by atoms with Crippen LogP contribution in [0, 0.1) is 3.57 Å². The van der Waals surface area contributed by atoms with Crippen molar-refractivity contribution in [3.63, 3.8) is 0 Å². The van der Waals surface area contributed by atoms with Gasteiger partial charge in [-0.2, -0.15) is 0 Å². The fourth-order valence-electron chi connectivity index (χ4n) is 1.94. The number of carbonyl (C=O) groups excluding carboxylic acids is 1. The van der Waals surface area contributed by atoms with Gasteiger partial charge in [0.05, 0.1) is 5.02 Å². The third kappa shape index (κ3) is 2.26. The van der Waals surface area contributed by atoms with E-state index >= 15 is 0 Å². The van der Waals surface area contributed by atoms with E-state index in [2.05, 4.69) is 32.6 Å². The van der Waals surface area contributed by atoms with Crippen molar-refractivity contribution < 1.29 is 4.79 Å². The van der Waals surface area contributed by atoms with Crippen LogP contribution < -0.4 is 0 Å². The van der Waals surface area contributed by atoms with Gasteiger partial charge in [-0.1, -0.05) is 11.6 Å². The second-order valence-corrected chi connectivity index (χ2v) is 5.65. The molecule has 3 aromatic rings. The van der Waals surface area contributed by atoms with Crippen molar-refractivity contribution >= 4 is 50.9 Å². The zero-order valence-corrected chi connectivity index (χ0v) is 12.6. The molecular weight excluding hydrogens is 375 g/mol. The molecule has 0 fully saturated rings. The van der Waals surface area contributed by atoms with Crippen LogP contribution in [-0.2, 0) is 0 Å². The average molecular weight is 383 g/mol. The van der Waals surface area contributed by atoms with E-state index in [1.54, 1.807) is 30.7 Å². The van der Waals surface area contributed by atoms with E-state index in [1.807, 2.05) is 12.1 Å². The molecule has 94 valence electrons. The fraction of sp³-hybridized carbons (Fsp3) is 0. The van der Waals surface area contributed by atoms with Crippen molar-refractivity contribution in [2.24, 2.45) is 0 Å². The Bertz CT molecular complexity index is 782. The summed E-state index contributed by atoms with van der Waals surface area (Å²) in [5.41, 5.74) is 2.09. The summed E-state index contributed by atoms with van der Waals surface area (Å²) in [4.78, 5) is 19.6. The Labute approximate surface area is 128 Å². The molecule has 0 radical (unpaired) electrons. The lowest BCUT2D eigenvalue weighted by Crippen LogP contribution is -2.00. The zero-order chi connectivity index (χ0) is 13.4. The number of aromatic nitrogens is 2. The van der Waals surface area contributed by atoms with Crippen molar-refractivity contribution in [2.45, 2.75) is 0 Å². The number of nitrogens with zero attached hydrogens (tertiary/aromatic N) is 1. The number of halogens is 2. The smallest absolute Gasteiger partial charge is 0.195 e. The zero-order valence-electron chi connectivity index (χ0n) is 9.65. The van der Waals surface area contributed by atoms with Gasteiger partial charge in [-0.05, 0) is 46.9 Å². The molecule has 1 aromatic carbocycles. The van der Waals surface area contributed by atoms with Gasteiger partial charge in [-0.25, -0.2) is 0 Å². The lowest BCUT2D eigenvalue weighted by molar-refractivity contribution is 0.104. The highest BCUT2D eigenvalue weighted by Crippen LogP contribution is 2.24. The van der Waals surface area contributed by atoms with E-state index in [0.29, 0.717) is 16.1 Å². The van der Waals surface area contributed by atoms with Crippen molar-refractivity contribution in [3.05, 3.63) is 62.6 Å². The standard InChI is InChI=1S/C14H8ClIN2O/c15-11-5-8(1-2-12(11)16)14(19)10-7-18-13-3-4-17-6-9(10)13/h1-7,18H. The van der Waals surface area contributed by atoms with Gasteiger partial charge >= 0.3 is 0 Å². The predicted molar refractivity (Wildman–Crippen MR) is 83.7 cm³/mol. The number of nitrogens with one attached hydrogen (secondary N) is 1. The predicted octanol–water partition coefficient (Wildman–Crippen LogP) is 4.05. The van der Waals surface area contributed by atoms with Crippen LogP contribution in [0.25, 0.3) is 10.9 Å². The number of pyridine rings is 1. The Balaban J connectivity index is 2.11. The minimum absolute atomic E-state index is 0.0578. The van der Waals surface area contributed by atoms with Crippen molar-refractivity contribution in [2.75, 3.05) is 0 Å². The van der Waals surface area contributed by atoms with Crippen LogP contribution in [-0.4, -0.2) is 15.8 Å². The quantitative estimate of drug-likeness (QED) is 0.537. The molecule has 0 saturated carbocycles. The summed E-state index contributed by atoms with van der Waals surface area (Å²) >= 11 is 8.19. The number of benzene rings is 1. The number of carbonyl (C=O) groups is 1. The largest absolute Gasteiger partial charge is 0.360 e. The molecule has 0 aliphatic rings. The van der Waals surface area contributed by atoms with Crippen LogP contribution in [0.3, 0.4) is 0 Å². The number of ketones is 1. The minimum atomic E-state index is -0.0578. The summed E-state index contributed by atoms with van der Waals surface area (Å²) in [6.07, 6.45) is 5.09. The maximum absolute atomic E-state index is 12.5. The molecule has 19 heavy (non-hydrogen) atoms. The molecule has 5 heteroatoms. The monoisotopic (exact) mass is 382 g/mol. The van der Waals surface area contributed by atoms with Gasteiger partial charge in [-0.15, -0.1) is 0 Å². The number of hydrogen-bond donors (Lipinski definition) is 1. The molecule has 0 aliphatic carbocycles. The number of aromatic amines is 1. The number of rotatable bonds is 2. The van der Waals surface area contributed by atoms with E-state index in [9.17, 15) is 4.79 Å². The number of fused-ring (bicyclic) bond motifs is 1. The first-order valence-corrected chi connectivity index (χ1v) is 7.03. The third-order valence-corrected chi connectivity index (χ3v) is 4.48. The lowest BCUT2D eigenvalue weighted by Gasteiger charge is -2.02. The third-order valence-electron chi connectivity index (χ3n) is 2.91. The highest BCUT2D eigenvalue weighted by Gasteiger charge is 2.15. The summed E-state index contributed by atoms with van der Waals surface area (Å²) in [6.45, 7) is 0. The van der Waals surface area contributed by atoms with Gasteiger partial charge in [0.15, 0.2) is 5.78 Å². The molecular formula is C14H8ClIN2O. The first-order valence-electron chi connectivity index (χ1n) is 5.57. The maximum atomic E-state index is 12.5. The Hall–Kier alpha value is -1.40. The summed E-state index contributed by atoms with van der Waals surface area (Å²) in [6, 6.07) is 7.16. The van der Waals surface area contributed by atoms with Crippen LogP contribution in [0.2, 0.25) is 5.02 Å². The van der Waals surface area contributed by atoms with Crippen molar-refractivity contribution in [1.82, 2.24) is 9.97 Å². The molecule has 2 aromatic heterocycles. The molecule has 0 unspecified atom stereocenters. The van der Waals surface area contributed by atoms with Gasteiger partial charge in [0.2, 0.25) is 0 Å². The van der Waals surface area contributed by atoms with Crippen LogP contribution in [0.1, 0.15) is 15.9 Å². The number of H-pyrrole nitrogens is 1. The highest BCUT2D eigenvalue weighted by molar-refractivity contribution is 14.1. The molecule has 0 atom stereocenters. The van der Waals surface area contributed by atoms with E-state index < -0.39 is 0 Å². The Morgan fingerprint density at radius 1 is 1.32 bits per heavy atom. The van der Waals surface area contributed by atoms with E-state index in [4.69, 9.17) is 11.6 Å². The van der Waals surface area contributed by atoms with Crippen molar-refractivity contribution in [3.8, 4) is 0 Å². The van der Waals surface area contributed by atoms with Gasteiger partial charge < -0.3 is 4.98 Å². The van der Waals surface area contributed by atoms with E-state index in [1.165, 1.54) is 0 Å².